The van der Waals surface area contributed by atoms with Gasteiger partial charge in [-0.1, -0.05) is 11.6 Å². The van der Waals surface area contributed by atoms with Gasteiger partial charge in [-0.2, -0.15) is 13.2 Å². The first-order chi connectivity index (χ1) is 17.6. The molecular weight excluding hydrogens is 508 g/mol. The van der Waals surface area contributed by atoms with Gasteiger partial charge in [-0.05, 0) is 68.0 Å². The van der Waals surface area contributed by atoms with Crippen molar-refractivity contribution in [2.75, 3.05) is 18.0 Å². The summed E-state index contributed by atoms with van der Waals surface area (Å²) in [7, 11) is 0. The second-order valence-electron chi connectivity index (χ2n) is 11.2. The molecule has 3 fully saturated rings. The highest BCUT2D eigenvalue weighted by Crippen LogP contribution is 2.58. The zero-order chi connectivity index (χ0) is 25.7. The summed E-state index contributed by atoms with van der Waals surface area (Å²) in [5.41, 5.74) is 0.479. The standard InChI is InChI=1S/C26H25ClF4N6/c1-15-6-21(32-10-19(15)28)35-13-24(14-35)8-17(9-24)23-34-33-22-12-36(25(4-5-25)26(29,30)31)11-16-7-18(27)2-3-20(16)37(22)23/h2-3,6-7,10,17H,4-5,8-9,11-14H2,1H3. The summed E-state index contributed by atoms with van der Waals surface area (Å²) in [5, 5.41) is 9.41. The smallest absolute Gasteiger partial charge is 0.355 e. The molecule has 2 aliphatic heterocycles. The van der Waals surface area contributed by atoms with Crippen molar-refractivity contribution in [2.24, 2.45) is 5.41 Å². The molecule has 1 aromatic carbocycles. The van der Waals surface area contributed by atoms with Gasteiger partial charge in [0.2, 0.25) is 0 Å². The van der Waals surface area contributed by atoms with Gasteiger partial charge in [-0.25, -0.2) is 9.37 Å². The minimum absolute atomic E-state index is 0.0834. The van der Waals surface area contributed by atoms with E-state index in [4.69, 9.17) is 11.6 Å². The van der Waals surface area contributed by atoms with Crippen LogP contribution in [0.5, 0.6) is 0 Å². The van der Waals surface area contributed by atoms with Gasteiger partial charge in [0.25, 0.3) is 0 Å². The SMILES string of the molecule is Cc1cc(N2CC3(CC(c4nnc5n4-c4ccc(Cl)cc4CN(C4(C(F)(F)F)CC4)C5)C3)C2)ncc1F. The summed E-state index contributed by atoms with van der Waals surface area (Å²) in [6.07, 6.45) is -1.02. The quantitative estimate of drug-likeness (QED) is 0.414. The third kappa shape index (κ3) is 3.51. The van der Waals surface area contributed by atoms with Gasteiger partial charge in [0.05, 0.1) is 18.4 Å². The van der Waals surface area contributed by atoms with E-state index in [1.807, 2.05) is 10.6 Å². The summed E-state index contributed by atoms with van der Waals surface area (Å²) in [6.45, 7) is 3.66. The number of anilines is 1. The molecule has 0 bridgehead atoms. The highest BCUT2D eigenvalue weighted by Gasteiger charge is 2.67. The molecule has 4 aliphatic rings. The molecule has 4 heterocycles. The number of halogens is 5. The van der Waals surface area contributed by atoms with Crippen LogP contribution >= 0.6 is 11.6 Å². The van der Waals surface area contributed by atoms with E-state index in [1.54, 1.807) is 25.1 Å². The van der Waals surface area contributed by atoms with Gasteiger partial charge >= 0.3 is 6.18 Å². The molecule has 1 spiro atoms. The van der Waals surface area contributed by atoms with Crippen LogP contribution in [0.15, 0.2) is 30.5 Å². The monoisotopic (exact) mass is 532 g/mol. The molecule has 0 N–H and O–H groups in total. The first kappa shape index (κ1) is 23.4. The fourth-order valence-electron chi connectivity index (χ4n) is 6.54. The number of rotatable bonds is 3. The van der Waals surface area contributed by atoms with E-state index in [9.17, 15) is 17.6 Å². The molecule has 3 aromatic rings. The third-order valence-corrected chi connectivity index (χ3v) is 8.96. The molecule has 2 aliphatic carbocycles. The van der Waals surface area contributed by atoms with Gasteiger partial charge in [0.1, 0.15) is 23.0 Å². The molecule has 0 unspecified atom stereocenters. The molecule has 37 heavy (non-hydrogen) atoms. The number of aromatic nitrogens is 4. The zero-order valence-corrected chi connectivity index (χ0v) is 20.9. The summed E-state index contributed by atoms with van der Waals surface area (Å²) >= 11 is 6.27. The number of benzene rings is 1. The summed E-state index contributed by atoms with van der Waals surface area (Å²) in [4.78, 5) is 7.90. The lowest BCUT2D eigenvalue weighted by molar-refractivity contribution is -0.200. The van der Waals surface area contributed by atoms with Crippen molar-refractivity contribution in [3.63, 3.8) is 0 Å². The Morgan fingerprint density at radius 3 is 2.49 bits per heavy atom. The maximum atomic E-state index is 14.0. The van der Waals surface area contributed by atoms with Crippen molar-refractivity contribution in [3.05, 3.63) is 64.1 Å². The lowest BCUT2D eigenvalue weighted by Gasteiger charge is -2.59. The number of alkyl halides is 3. The number of pyridine rings is 1. The molecule has 6 nitrogen and oxygen atoms in total. The summed E-state index contributed by atoms with van der Waals surface area (Å²) < 4.78 is 57.7. The van der Waals surface area contributed by atoms with E-state index in [2.05, 4.69) is 20.1 Å². The van der Waals surface area contributed by atoms with Crippen LogP contribution in [0, 0.1) is 18.2 Å². The molecule has 2 aromatic heterocycles. The third-order valence-electron chi connectivity index (χ3n) is 8.72. The van der Waals surface area contributed by atoms with E-state index in [-0.39, 0.29) is 43.1 Å². The van der Waals surface area contributed by atoms with E-state index >= 15 is 0 Å². The fraction of sp³-hybridized carbons (Fsp3) is 0.500. The predicted molar refractivity (Wildman–Crippen MR) is 129 cm³/mol. The molecule has 1 saturated heterocycles. The number of hydrogen-bond donors (Lipinski definition) is 0. The van der Waals surface area contributed by atoms with Crippen LogP contribution < -0.4 is 4.90 Å². The van der Waals surface area contributed by atoms with Crippen molar-refractivity contribution in [3.8, 4) is 5.69 Å². The second kappa shape index (κ2) is 7.66. The van der Waals surface area contributed by atoms with Crippen LogP contribution in [0.2, 0.25) is 5.02 Å². The van der Waals surface area contributed by atoms with Crippen LogP contribution in [-0.4, -0.2) is 49.5 Å². The highest BCUT2D eigenvalue weighted by atomic mass is 35.5. The van der Waals surface area contributed by atoms with Crippen molar-refractivity contribution < 1.29 is 17.6 Å². The second-order valence-corrected chi connectivity index (χ2v) is 11.7. The van der Waals surface area contributed by atoms with E-state index in [0.29, 0.717) is 16.4 Å². The van der Waals surface area contributed by atoms with Crippen molar-refractivity contribution >= 4 is 17.4 Å². The maximum absolute atomic E-state index is 14.0. The average molecular weight is 533 g/mol. The minimum atomic E-state index is -4.31. The Bertz CT molecular complexity index is 1400. The van der Waals surface area contributed by atoms with Crippen molar-refractivity contribution in [1.29, 1.82) is 0 Å². The fourth-order valence-corrected chi connectivity index (χ4v) is 6.73. The van der Waals surface area contributed by atoms with Gasteiger partial charge < -0.3 is 4.90 Å². The number of hydrogen-bond acceptors (Lipinski definition) is 5. The van der Waals surface area contributed by atoms with E-state index in [1.165, 1.54) is 11.1 Å². The van der Waals surface area contributed by atoms with Crippen LogP contribution in [0.3, 0.4) is 0 Å². The Kier molecular flexibility index (Phi) is 4.85. The topological polar surface area (TPSA) is 50.1 Å². The highest BCUT2D eigenvalue weighted by molar-refractivity contribution is 6.30. The number of fused-ring (bicyclic) bond motifs is 3. The van der Waals surface area contributed by atoms with Gasteiger partial charge in [0, 0.05) is 36.0 Å². The average Bonchev–Trinajstić information content (AvgIpc) is 3.54. The Labute approximate surface area is 216 Å². The maximum Gasteiger partial charge on any atom is 0.406 e. The molecular formula is C26H25ClF4N6. The Morgan fingerprint density at radius 1 is 1.05 bits per heavy atom. The van der Waals surface area contributed by atoms with Crippen LogP contribution in [0.4, 0.5) is 23.4 Å². The van der Waals surface area contributed by atoms with Gasteiger partial charge in [0.15, 0.2) is 5.82 Å². The van der Waals surface area contributed by atoms with Crippen molar-refractivity contribution in [1.82, 2.24) is 24.6 Å². The Hall–Kier alpha value is -2.72. The van der Waals surface area contributed by atoms with Crippen LogP contribution in [0.1, 0.15) is 54.4 Å². The van der Waals surface area contributed by atoms with Gasteiger partial charge in [-0.3, -0.25) is 9.47 Å². The number of aryl methyl sites for hydroxylation is 1. The summed E-state index contributed by atoms with van der Waals surface area (Å²) in [6, 6.07) is 7.17. The Morgan fingerprint density at radius 2 is 1.81 bits per heavy atom. The molecule has 7 rings (SSSR count). The van der Waals surface area contributed by atoms with E-state index in [0.717, 1.165) is 48.8 Å². The first-order valence-corrected chi connectivity index (χ1v) is 12.9. The number of nitrogens with zero attached hydrogens (tertiary/aromatic N) is 6. The largest absolute Gasteiger partial charge is 0.406 e. The lowest BCUT2D eigenvalue weighted by atomic mass is 9.57. The van der Waals surface area contributed by atoms with Crippen LogP contribution in [0.25, 0.3) is 5.69 Å². The molecule has 0 atom stereocenters. The Balaban J connectivity index is 1.15. The van der Waals surface area contributed by atoms with Crippen molar-refractivity contribution in [2.45, 2.75) is 63.3 Å². The molecule has 11 heteroatoms. The molecule has 0 radical (unpaired) electrons. The normalized spacial score (nSPS) is 22.2. The minimum Gasteiger partial charge on any atom is -0.355 e. The first-order valence-electron chi connectivity index (χ1n) is 12.5. The molecule has 194 valence electrons. The summed E-state index contributed by atoms with van der Waals surface area (Å²) in [5.74, 6) is 1.98. The molecule has 0 amide bonds. The van der Waals surface area contributed by atoms with Gasteiger partial charge in [-0.15, -0.1) is 10.2 Å². The predicted octanol–water partition coefficient (Wildman–Crippen LogP) is 5.56. The molecule has 2 saturated carbocycles. The van der Waals surface area contributed by atoms with E-state index < -0.39 is 11.7 Å². The van der Waals surface area contributed by atoms with Crippen LogP contribution in [-0.2, 0) is 13.1 Å². The zero-order valence-electron chi connectivity index (χ0n) is 20.2. The lowest BCUT2D eigenvalue weighted by Crippen LogP contribution is -2.62.